The van der Waals surface area contributed by atoms with Crippen molar-refractivity contribution in [1.82, 2.24) is 24.8 Å². The molecule has 0 aliphatic carbocycles. The second kappa shape index (κ2) is 8.21. The van der Waals surface area contributed by atoms with Gasteiger partial charge >= 0.3 is 0 Å². The molecule has 1 aliphatic heterocycles. The molecule has 0 N–H and O–H groups in total. The lowest BCUT2D eigenvalue weighted by molar-refractivity contribution is -0.109. The summed E-state index contributed by atoms with van der Waals surface area (Å²) in [7, 11) is 0. The summed E-state index contributed by atoms with van der Waals surface area (Å²) in [5, 5.41) is 6.74. The molecule has 0 unspecified atom stereocenters. The third-order valence-electron chi connectivity index (χ3n) is 4.47. The predicted molar refractivity (Wildman–Crippen MR) is 98.9 cm³/mol. The molecule has 26 heavy (non-hydrogen) atoms. The normalized spacial score (nSPS) is 14.8. The van der Waals surface area contributed by atoms with Gasteiger partial charge in [0.15, 0.2) is 11.6 Å². The Morgan fingerprint density at radius 1 is 0.962 bits per heavy atom. The van der Waals surface area contributed by atoms with Gasteiger partial charge in [-0.25, -0.2) is 9.97 Å². The maximum Gasteiger partial charge on any atom is 0.155 e. The molecule has 6 heteroatoms. The Morgan fingerprint density at radius 2 is 1.85 bits per heavy atom. The molecule has 1 aliphatic rings. The van der Waals surface area contributed by atoms with Gasteiger partial charge in [0, 0.05) is 32.1 Å². The van der Waals surface area contributed by atoms with Crippen molar-refractivity contribution in [2.45, 2.75) is 25.7 Å². The molecule has 1 saturated heterocycles. The van der Waals surface area contributed by atoms with Gasteiger partial charge in [0.1, 0.15) is 5.82 Å². The Hall–Kier alpha value is -2.57. The molecule has 1 aromatic carbocycles. The van der Waals surface area contributed by atoms with Crippen LogP contribution < -0.4 is 0 Å². The first-order valence-electron chi connectivity index (χ1n) is 9.16. The number of rotatable bonds is 7. The summed E-state index contributed by atoms with van der Waals surface area (Å²) in [6.07, 6.45) is 5.41. The van der Waals surface area contributed by atoms with Crippen LogP contribution in [0.3, 0.4) is 0 Å². The van der Waals surface area contributed by atoms with Crippen LogP contribution in [0.15, 0.2) is 54.7 Å². The zero-order chi connectivity index (χ0) is 17.6. The van der Waals surface area contributed by atoms with Crippen LogP contribution >= 0.6 is 0 Å². The van der Waals surface area contributed by atoms with Gasteiger partial charge in [0.05, 0.1) is 6.61 Å². The second-order valence-electron chi connectivity index (χ2n) is 6.40. The summed E-state index contributed by atoms with van der Waals surface area (Å²) in [4.78, 5) is 14.8. The fourth-order valence-corrected chi connectivity index (χ4v) is 3.12. The number of pyridine rings is 1. The lowest BCUT2D eigenvalue weighted by Gasteiger charge is -2.12. The number of hydrogen-bond acceptors (Lipinski definition) is 5. The highest BCUT2D eigenvalue weighted by atomic mass is 16.7. The highest BCUT2D eigenvalue weighted by molar-refractivity contribution is 5.22. The van der Waals surface area contributed by atoms with Crippen LogP contribution in [-0.4, -0.2) is 44.5 Å². The Bertz CT molecular complexity index is 813. The van der Waals surface area contributed by atoms with E-state index >= 15 is 0 Å². The van der Waals surface area contributed by atoms with Gasteiger partial charge in [0.2, 0.25) is 0 Å². The van der Waals surface area contributed by atoms with Crippen LogP contribution in [0.5, 0.6) is 0 Å². The molecule has 0 saturated carbocycles. The third kappa shape index (κ3) is 4.15. The van der Waals surface area contributed by atoms with Crippen molar-refractivity contribution in [3.05, 3.63) is 71.9 Å². The van der Waals surface area contributed by atoms with E-state index in [0.717, 1.165) is 62.8 Å². The van der Waals surface area contributed by atoms with Crippen LogP contribution in [0.25, 0.3) is 5.82 Å². The molecule has 134 valence electrons. The highest BCUT2D eigenvalue weighted by Gasteiger charge is 2.17. The van der Waals surface area contributed by atoms with E-state index in [9.17, 15) is 0 Å². The summed E-state index contributed by atoms with van der Waals surface area (Å²) in [5.41, 5.74) is 1.30. The molecular weight excluding hydrogens is 326 g/mol. The quantitative estimate of drug-likeness (QED) is 0.656. The van der Waals surface area contributed by atoms with Crippen LogP contribution in [0.2, 0.25) is 0 Å². The standard InChI is InChI=1S/C20H23N5O/c1-2-7-17(8-3-1)10-11-18-22-20(12-15-24-14-6-16-26-24)25(23-18)19-9-4-5-13-21-19/h1-5,7-9,13H,6,10-12,14-16H2. The largest absolute Gasteiger partial charge is 0.299 e. The van der Waals surface area contributed by atoms with Gasteiger partial charge in [-0.3, -0.25) is 4.84 Å². The molecule has 3 heterocycles. The van der Waals surface area contributed by atoms with E-state index in [2.05, 4.69) is 29.2 Å². The minimum atomic E-state index is 0.787. The monoisotopic (exact) mass is 349 g/mol. The summed E-state index contributed by atoms with van der Waals surface area (Å²) in [6.45, 7) is 2.62. The lowest BCUT2D eigenvalue weighted by atomic mass is 10.1. The van der Waals surface area contributed by atoms with Crippen LogP contribution in [0.1, 0.15) is 23.6 Å². The molecule has 0 amide bonds. The first kappa shape index (κ1) is 16.9. The minimum absolute atomic E-state index is 0.787. The van der Waals surface area contributed by atoms with Gasteiger partial charge in [-0.15, -0.1) is 5.10 Å². The van der Waals surface area contributed by atoms with Gasteiger partial charge in [-0.05, 0) is 30.5 Å². The van der Waals surface area contributed by atoms with Gasteiger partial charge in [-0.1, -0.05) is 36.4 Å². The van der Waals surface area contributed by atoms with Crippen molar-refractivity contribution >= 4 is 0 Å². The number of aromatic nitrogens is 4. The zero-order valence-corrected chi connectivity index (χ0v) is 14.8. The van der Waals surface area contributed by atoms with E-state index in [4.69, 9.17) is 14.9 Å². The van der Waals surface area contributed by atoms with Gasteiger partial charge < -0.3 is 0 Å². The summed E-state index contributed by atoms with van der Waals surface area (Å²) >= 11 is 0. The summed E-state index contributed by atoms with van der Waals surface area (Å²) < 4.78 is 1.87. The first-order chi connectivity index (χ1) is 12.9. The maximum atomic E-state index is 5.59. The van der Waals surface area contributed by atoms with Crippen molar-refractivity contribution in [3.63, 3.8) is 0 Å². The van der Waals surface area contributed by atoms with Crippen LogP contribution in [0.4, 0.5) is 0 Å². The van der Waals surface area contributed by atoms with Gasteiger partial charge in [-0.2, -0.15) is 9.75 Å². The maximum absolute atomic E-state index is 5.59. The SMILES string of the molecule is c1ccc(CCc2nc(CCN3CCCO3)n(-c3ccccn3)n2)cc1. The average molecular weight is 349 g/mol. The summed E-state index contributed by atoms with van der Waals surface area (Å²) in [6, 6.07) is 16.3. The van der Waals surface area contributed by atoms with E-state index < -0.39 is 0 Å². The van der Waals surface area contributed by atoms with Gasteiger partial charge in [0.25, 0.3) is 0 Å². The fraction of sp³-hybridized carbons (Fsp3) is 0.350. The van der Waals surface area contributed by atoms with E-state index in [-0.39, 0.29) is 0 Å². The van der Waals surface area contributed by atoms with Crippen LogP contribution in [-0.2, 0) is 24.1 Å². The topological polar surface area (TPSA) is 56.1 Å². The number of hydrogen-bond donors (Lipinski definition) is 0. The number of nitrogens with zero attached hydrogens (tertiary/aromatic N) is 5. The van der Waals surface area contributed by atoms with E-state index in [0.29, 0.717) is 0 Å². The van der Waals surface area contributed by atoms with Crippen molar-refractivity contribution < 1.29 is 4.84 Å². The van der Waals surface area contributed by atoms with Crippen molar-refractivity contribution in [2.24, 2.45) is 0 Å². The number of hydroxylamine groups is 2. The molecule has 2 aromatic heterocycles. The minimum Gasteiger partial charge on any atom is -0.299 e. The van der Waals surface area contributed by atoms with Crippen LogP contribution in [0, 0.1) is 0 Å². The molecule has 0 atom stereocenters. The zero-order valence-electron chi connectivity index (χ0n) is 14.8. The fourth-order valence-electron chi connectivity index (χ4n) is 3.12. The molecule has 1 fully saturated rings. The average Bonchev–Trinajstić information content (AvgIpc) is 3.36. The predicted octanol–water partition coefficient (Wildman–Crippen LogP) is 2.63. The van der Waals surface area contributed by atoms with E-state index in [1.165, 1.54) is 5.56 Å². The first-order valence-corrected chi connectivity index (χ1v) is 9.16. The van der Waals surface area contributed by atoms with E-state index in [1.54, 1.807) is 6.20 Å². The molecule has 3 aromatic rings. The lowest BCUT2D eigenvalue weighted by Crippen LogP contribution is -2.22. The van der Waals surface area contributed by atoms with E-state index in [1.807, 2.05) is 34.0 Å². The highest BCUT2D eigenvalue weighted by Crippen LogP contribution is 2.12. The molecule has 0 radical (unpaired) electrons. The molecule has 4 rings (SSSR count). The Morgan fingerprint density at radius 3 is 2.62 bits per heavy atom. The van der Waals surface area contributed by atoms with Crippen molar-refractivity contribution in [1.29, 1.82) is 0 Å². The number of benzene rings is 1. The molecular formula is C20H23N5O. The summed E-state index contributed by atoms with van der Waals surface area (Å²) in [5.74, 6) is 2.60. The Labute approximate surface area is 153 Å². The number of aryl methyl sites for hydroxylation is 2. The molecule has 0 bridgehead atoms. The third-order valence-corrected chi connectivity index (χ3v) is 4.47. The van der Waals surface area contributed by atoms with Crippen molar-refractivity contribution in [3.8, 4) is 5.82 Å². The smallest absolute Gasteiger partial charge is 0.155 e. The molecule has 6 nitrogen and oxygen atoms in total. The second-order valence-corrected chi connectivity index (χ2v) is 6.40. The van der Waals surface area contributed by atoms with Crippen molar-refractivity contribution in [2.75, 3.05) is 19.7 Å². The Balaban J connectivity index is 1.51. The Kier molecular flexibility index (Phi) is 5.33. The molecule has 0 spiro atoms.